The lowest BCUT2D eigenvalue weighted by Crippen LogP contribution is -2.71. The number of benzene rings is 1. The van der Waals surface area contributed by atoms with Gasteiger partial charge in [-0.1, -0.05) is 23.7 Å². The van der Waals surface area contributed by atoms with Gasteiger partial charge in [0.15, 0.2) is 0 Å². The molecule has 1 aliphatic heterocycles. The average Bonchev–Trinajstić information content (AvgIpc) is 2.51. The van der Waals surface area contributed by atoms with Gasteiger partial charge in [-0.25, -0.2) is 0 Å². The Morgan fingerprint density at radius 2 is 2.16 bits per heavy atom. The molecule has 1 aromatic rings. The Bertz CT molecular complexity index is 654. The first kappa shape index (κ1) is 18.2. The van der Waals surface area contributed by atoms with E-state index in [9.17, 15) is 9.59 Å². The first-order chi connectivity index (χ1) is 11.9. The van der Waals surface area contributed by atoms with Crippen LogP contribution in [-0.2, 0) is 25.7 Å². The molecule has 1 heterocycles. The van der Waals surface area contributed by atoms with E-state index >= 15 is 0 Å². The van der Waals surface area contributed by atoms with Crippen LogP contribution >= 0.6 is 11.6 Å². The standard InChI is InChI=1S/C18H23ClN2O4/c1-12-2-3-13(4-16(12)19)7-25-15-5-14(6-15)17(23)21-8-18(20,9-21)10-24-11-22/h2-4,11,14-15H,5-10,20H2,1H3. The van der Waals surface area contributed by atoms with Crippen molar-refractivity contribution in [3.63, 3.8) is 0 Å². The van der Waals surface area contributed by atoms with Crippen LogP contribution in [0.5, 0.6) is 0 Å². The summed E-state index contributed by atoms with van der Waals surface area (Å²) < 4.78 is 10.6. The van der Waals surface area contributed by atoms with Crippen molar-refractivity contribution in [2.45, 2.75) is 38.0 Å². The van der Waals surface area contributed by atoms with E-state index in [2.05, 4.69) is 0 Å². The molecule has 0 aromatic heterocycles. The fraction of sp³-hybridized carbons (Fsp3) is 0.556. The lowest BCUT2D eigenvalue weighted by atomic mass is 9.79. The maximum atomic E-state index is 12.4. The number of nitrogens with two attached hydrogens (primary N) is 1. The molecule has 2 aliphatic rings. The van der Waals surface area contributed by atoms with Crippen molar-refractivity contribution < 1.29 is 19.1 Å². The highest BCUT2D eigenvalue weighted by Crippen LogP contribution is 2.34. The summed E-state index contributed by atoms with van der Waals surface area (Å²) >= 11 is 6.11. The Morgan fingerprint density at radius 3 is 2.80 bits per heavy atom. The number of carbonyl (C=O) groups excluding carboxylic acids is 2. The summed E-state index contributed by atoms with van der Waals surface area (Å²) in [7, 11) is 0. The van der Waals surface area contributed by atoms with Crippen molar-refractivity contribution in [3.8, 4) is 0 Å². The van der Waals surface area contributed by atoms with E-state index < -0.39 is 5.54 Å². The lowest BCUT2D eigenvalue weighted by molar-refractivity contribution is -0.155. The third-order valence-electron chi connectivity index (χ3n) is 4.93. The fourth-order valence-electron chi connectivity index (χ4n) is 3.26. The lowest BCUT2D eigenvalue weighted by Gasteiger charge is -2.49. The molecule has 0 atom stereocenters. The molecule has 25 heavy (non-hydrogen) atoms. The normalized spacial score (nSPS) is 24.2. The van der Waals surface area contributed by atoms with Gasteiger partial charge in [0.1, 0.15) is 6.61 Å². The van der Waals surface area contributed by atoms with E-state index in [1.54, 1.807) is 4.90 Å². The van der Waals surface area contributed by atoms with Crippen molar-refractivity contribution >= 4 is 24.0 Å². The molecule has 3 rings (SSSR count). The van der Waals surface area contributed by atoms with Gasteiger partial charge in [-0.3, -0.25) is 9.59 Å². The molecule has 1 amide bonds. The number of carbonyl (C=O) groups is 2. The van der Waals surface area contributed by atoms with Crippen molar-refractivity contribution in [1.29, 1.82) is 0 Å². The molecule has 2 fully saturated rings. The van der Waals surface area contributed by atoms with E-state index in [-0.39, 0.29) is 24.5 Å². The van der Waals surface area contributed by atoms with Gasteiger partial charge in [0.25, 0.3) is 6.47 Å². The average molecular weight is 367 g/mol. The van der Waals surface area contributed by atoms with Crippen LogP contribution < -0.4 is 5.73 Å². The molecule has 0 radical (unpaired) electrons. The Hall–Kier alpha value is -1.63. The molecule has 0 spiro atoms. The molecular weight excluding hydrogens is 344 g/mol. The topological polar surface area (TPSA) is 81.9 Å². The summed E-state index contributed by atoms with van der Waals surface area (Å²) in [6, 6.07) is 5.90. The summed E-state index contributed by atoms with van der Waals surface area (Å²) in [6.07, 6.45) is 1.57. The molecule has 1 aromatic carbocycles. The Balaban J connectivity index is 1.37. The van der Waals surface area contributed by atoms with Gasteiger partial charge in [0, 0.05) is 24.0 Å². The summed E-state index contributed by atoms with van der Waals surface area (Å²) in [5, 5.41) is 0.740. The summed E-state index contributed by atoms with van der Waals surface area (Å²) in [6.45, 7) is 3.87. The van der Waals surface area contributed by atoms with Gasteiger partial charge in [0.05, 0.1) is 18.2 Å². The van der Waals surface area contributed by atoms with E-state index in [0.717, 1.165) is 29.0 Å². The zero-order chi connectivity index (χ0) is 18.0. The van der Waals surface area contributed by atoms with Crippen LogP contribution in [0, 0.1) is 12.8 Å². The highest BCUT2D eigenvalue weighted by molar-refractivity contribution is 6.31. The number of hydrogen-bond donors (Lipinski definition) is 1. The Labute approximate surface area is 152 Å². The monoisotopic (exact) mass is 366 g/mol. The second-order valence-corrected chi connectivity index (χ2v) is 7.56. The second kappa shape index (κ2) is 7.32. The van der Waals surface area contributed by atoms with Crippen LogP contribution in [-0.4, -0.2) is 48.6 Å². The van der Waals surface area contributed by atoms with Crippen molar-refractivity contribution in [3.05, 3.63) is 34.3 Å². The minimum absolute atomic E-state index is 0.00291. The zero-order valence-corrected chi connectivity index (χ0v) is 15.0. The van der Waals surface area contributed by atoms with Crippen LogP contribution in [0.1, 0.15) is 24.0 Å². The van der Waals surface area contributed by atoms with Crippen LogP contribution in [0.25, 0.3) is 0 Å². The second-order valence-electron chi connectivity index (χ2n) is 7.15. The molecular formula is C18H23ClN2O4. The Kier molecular flexibility index (Phi) is 5.32. The third-order valence-corrected chi connectivity index (χ3v) is 5.34. The minimum Gasteiger partial charge on any atom is -0.466 e. The number of amides is 1. The minimum atomic E-state index is -0.596. The third kappa shape index (κ3) is 4.14. The van der Waals surface area contributed by atoms with Crippen molar-refractivity contribution in [2.75, 3.05) is 19.7 Å². The van der Waals surface area contributed by atoms with Gasteiger partial charge < -0.3 is 20.1 Å². The number of aryl methyl sites for hydroxylation is 1. The number of ether oxygens (including phenoxy) is 2. The number of hydrogen-bond acceptors (Lipinski definition) is 5. The predicted molar refractivity (Wildman–Crippen MR) is 93.0 cm³/mol. The van der Waals surface area contributed by atoms with Gasteiger partial charge >= 0.3 is 0 Å². The molecule has 7 heteroatoms. The van der Waals surface area contributed by atoms with Crippen molar-refractivity contribution in [1.82, 2.24) is 4.90 Å². The summed E-state index contributed by atoms with van der Waals surface area (Å²) in [5.74, 6) is 0.119. The smallest absolute Gasteiger partial charge is 0.293 e. The molecule has 0 unspecified atom stereocenters. The summed E-state index contributed by atoms with van der Waals surface area (Å²) in [5.41, 5.74) is 7.51. The van der Waals surface area contributed by atoms with E-state index in [1.165, 1.54) is 0 Å². The Morgan fingerprint density at radius 1 is 1.44 bits per heavy atom. The fourth-order valence-corrected chi connectivity index (χ4v) is 3.47. The predicted octanol–water partition coefficient (Wildman–Crippen LogP) is 1.66. The highest BCUT2D eigenvalue weighted by atomic mass is 35.5. The number of nitrogens with zero attached hydrogens (tertiary/aromatic N) is 1. The SMILES string of the molecule is Cc1ccc(COC2CC(C(=O)N3CC(N)(COC=O)C3)C2)cc1Cl. The molecule has 1 saturated heterocycles. The molecule has 6 nitrogen and oxygen atoms in total. The van der Waals surface area contributed by atoms with Crippen LogP contribution in [0.4, 0.5) is 0 Å². The molecule has 1 aliphatic carbocycles. The molecule has 136 valence electrons. The quantitative estimate of drug-likeness (QED) is 0.742. The van der Waals surface area contributed by atoms with Crippen LogP contribution in [0.3, 0.4) is 0 Å². The largest absolute Gasteiger partial charge is 0.466 e. The summed E-state index contributed by atoms with van der Waals surface area (Å²) in [4.78, 5) is 24.3. The number of halogens is 1. The first-order valence-electron chi connectivity index (χ1n) is 8.40. The van der Waals surface area contributed by atoms with Crippen LogP contribution in [0.15, 0.2) is 18.2 Å². The van der Waals surface area contributed by atoms with Crippen molar-refractivity contribution in [2.24, 2.45) is 11.7 Å². The van der Waals surface area contributed by atoms with E-state index in [4.69, 9.17) is 26.8 Å². The zero-order valence-electron chi connectivity index (χ0n) is 14.2. The maximum Gasteiger partial charge on any atom is 0.293 e. The maximum absolute atomic E-state index is 12.4. The van der Waals surface area contributed by atoms with Gasteiger partial charge in [-0.15, -0.1) is 0 Å². The van der Waals surface area contributed by atoms with E-state index in [1.807, 2.05) is 25.1 Å². The molecule has 0 bridgehead atoms. The van der Waals surface area contributed by atoms with E-state index in [0.29, 0.717) is 26.2 Å². The number of rotatable bonds is 7. The highest BCUT2D eigenvalue weighted by Gasteiger charge is 2.47. The molecule has 2 N–H and O–H groups in total. The van der Waals surface area contributed by atoms with Crippen LogP contribution in [0.2, 0.25) is 5.02 Å². The van der Waals surface area contributed by atoms with Gasteiger partial charge in [-0.05, 0) is 37.0 Å². The molecule has 1 saturated carbocycles. The number of likely N-dealkylation sites (tertiary alicyclic amines) is 1. The van der Waals surface area contributed by atoms with Gasteiger partial charge in [0.2, 0.25) is 5.91 Å². The first-order valence-corrected chi connectivity index (χ1v) is 8.77. The van der Waals surface area contributed by atoms with Gasteiger partial charge in [-0.2, -0.15) is 0 Å².